The summed E-state index contributed by atoms with van der Waals surface area (Å²) in [6.07, 6.45) is 6.68. The van der Waals surface area contributed by atoms with E-state index in [1.54, 1.807) is 66.5 Å². The Kier molecular flexibility index (Phi) is 18.0. The first kappa shape index (κ1) is 37.6. The first-order valence-corrected chi connectivity index (χ1v) is 14.6. The molecular formula is C34H42ClN3O8. The maximum atomic E-state index is 12.8. The predicted octanol–water partition coefficient (Wildman–Crippen LogP) is 0.296. The summed E-state index contributed by atoms with van der Waals surface area (Å²) in [7, 11) is 1.75. The molecule has 0 unspecified atom stereocenters. The van der Waals surface area contributed by atoms with E-state index in [2.05, 4.69) is 23.8 Å². The van der Waals surface area contributed by atoms with Gasteiger partial charge in [0.05, 0.1) is 39.5 Å². The lowest BCUT2D eigenvalue weighted by molar-refractivity contribution is -0.671. The largest absolute Gasteiger partial charge is 1.00 e. The van der Waals surface area contributed by atoms with Crippen molar-refractivity contribution in [1.82, 2.24) is 10.6 Å². The van der Waals surface area contributed by atoms with Crippen LogP contribution in [0.15, 0.2) is 92.3 Å². The number of hydrogen-bond acceptors (Lipinski definition) is 8. The Morgan fingerprint density at radius 1 is 0.630 bits per heavy atom. The lowest BCUT2D eigenvalue weighted by Gasteiger charge is -2.10. The van der Waals surface area contributed by atoms with Crippen LogP contribution in [0.25, 0.3) is 0 Å². The lowest BCUT2D eigenvalue weighted by atomic mass is 10.2. The number of halogens is 1. The number of amides is 2. The Balaban J connectivity index is 0.00000736. The monoisotopic (exact) mass is 655 g/mol. The van der Waals surface area contributed by atoms with E-state index in [0.717, 1.165) is 0 Å². The molecule has 0 bridgehead atoms. The number of rotatable bonds is 22. The second-order valence-corrected chi connectivity index (χ2v) is 9.55. The van der Waals surface area contributed by atoms with E-state index in [9.17, 15) is 9.59 Å². The SMILES string of the molecule is C=CCOCCOc1ccc(OCCNC(=O)c2cc(C(=O)NCCOc3ccc(OCCOCC=C)cc3)c[n+](C)c2)cc1.[Cl-]. The van der Waals surface area contributed by atoms with Crippen molar-refractivity contribution < 1.29 is 55.0 Å². The van der Waals surface area contributed by atoms with Crippen LogP contribution in [0.5, 0.6) is 23.0 Å². The summed E-state index contributed by atoms with van der Waals surface area (Å²) in [6, 6.07) is 16.0. The van der Waals surface area contributed by atoms with E-state index in [0.29, 0.717) is 73.8 Å². The molecule has 11 nitrogen and oxygen atoms in total. The van der Waals surface area contributed by atoms with Crippen molar-refractivity contribution in [2.45, 2.75) is 0 Å². The third-order valence-electron chi connectivity index (χ3n) is 5.95. The predicted molar refractivity (Wildman–Crippen MR) is 169 cm³/mol. The first-order valence-electron chi connectivity index (χ1n) is 14.6. The summed E-state index contributed by atoms with van der Waals surface area (Å²) in [5.74, 6) is 2.10. The third-order valence-corrected chi connectivity index (χ3v) is 5.95. The van der Waals surface area contributed by atoms with Gasteiger partial charge in [0.1, 0.15) is 67.6 Å². The molecule has 0 radical (unpaired) electrons. The molecule has 12 heteroatoms. The molecule has 0 aliphatic rings. The maximum absolute atomic E-state index is 12.8. The third kappa shape index (κ3) is 14.5. The van der Waals surface area contributed by atoms with Crippen LogP contribution in [0.4, 0.5) is 0 Å². The zero-order valence-corrected chi connectivity index (χ0v) is 26.8. The van der Waals surface area contributed by atoms with Gasteiger partial charge in [0.15, 0.2) is 12.4 Å². The summed E-state index contributed by atoms with van der Waals surface area (Å²) in [6.45, 7) is 11.1. The van der Waals surface area contributed by atoms with Crippen LogP contribution in [-0.4, -0.2) is 77.8 Å². The van der Waals surface area contributed by atoms with Gasteiger partial charge in [-0.2, -0.15) is 0 Å². The summed E-state index contributed by atoms with van der Waals surface area (Å²) >= 11 is 0. The van der Waals surface area contributed by atoms with Gasteiger partial charge in [-0.15, -0.1) is 13.2 Å². The molecule has 248 valence electrons. The molecule has 0 atom stereocenters. The van der Waals surface area contributed by atoms with Gasteiger partial charge in [0, 0.05) is 0 Å². The van der Waals surface area contributed by atoms with Crippen molar-refractivity contribution in [2.24, 2.45) is 7.05 Å². The van der Waals surface area contributed by atoms with Crippen LogP contribution in [-0.2, 0) is 16.5 Å². The van der Waals surface area contributed by atoms with Crippen molar-refractivity contribution in [3.63, 3.8) is 0 Å². The highest BCUT2D eigenvalue weighted by atomic mass is 35.5. The van der Waals surface area contributed by atoms with E-state index in [1.165, 1.54) is 0 Å². The molecule has 0 spiro atoms. The minimum absolute atomic E-state index is 0. The zero-order chi connectivity index (χ0) is 32.1. The smallest absolute Gasteiger partial charge is 0.257 e. The molecule has 1 heterocycles. The van der Waals surface area contributed by atoms with Crippen LogP contribution in [0, 0.1) is 0 Å². The molecule has 46 heavy (non-hydrogen) atoms. The van der Waals surface area contributed by atoms with Crippen LogP contribution in [0.1, 0.15) is 20.7 Å². The normalized spacial score (nSPS) is 10.2. The van der Waals surface area contributed by atoms with E-state index >= 15 is 0 Å². The second kappa shape index (κ2) is 22.0. The summed E-state index contributed by atoms with van der Waals surface area (Å²) in [5.41, 5.74) is 0.712. The molecule has 2 N–H and O–H groups in total. The number of carbonyl (C=O) groups is 2. The van der Waals surface area contributed by atoms with Gasteiger partial charge in [-0.25, -0.2) is 4.57 Å². The fourth-order valence-electron chi connectivity index (χ4n) is 3.87. The number of nitrogens with one attached hydrogen (secondary N) is 2. The number of hydrogen-bond donors (Lipinski definition) is 2. The zero-order valence-electron chi connectivity index (χ0n) is 26.1. The molecule has 0 aliphatic carbocycles. The van der Waals surface area contributed by atoms with Gasteiger partial charge in [-0.1, -0.05) is 12.2 Å². The number of ether oxygens (including phenoxy) is 6. The van der Waals surface area contributed by atoms with Gasteiger partial charge in [-0.05, 0) is 54.6 Å². The Bertz CT molecular complexity index is 1250. The molecule has 0 saturated heterocycles. The Morgan fingerprint density at radius 3 is 1.33 bits per heavy atom. The fourth-order valence-corrected chi connectivity index (χ4v) is 3.87. The van der Waals surface area contributed by atoms with Crippen LogP contribution in [0.3, 0.4) is 0 Å². The highest BCUT2D eigenvalue weighted by Gasteiger charge is 2.16. The maximum Gasteiger partial charge on any atom is 0.257 e. The second-order valence-electron chi connectivity index (χ2n) is 9.55. The van der Waals surface area contributed by atoms with Gasteiger partial charge in [0.25, 0.3) is 11.8 Å². The molecule has 0 aliphatic heterocycles. The van der Waals surface area contributed by atoms with E-state index in [1.807, 2.05) is 24.3 Å². The number of benzene rings is 2. The van der Waals surface area contributed by atoms with Crippen LogP contribution in [0.2, 0.25) is 0 Å². The number of aryl methyl sites for hydroxylation is 1. The van der Waals surface area contributed by atoms with Crippen molar-refractivity contribution in [2.75, 3.05) is 65.9 Å². The van der Waals surface area contributed by atoms with E-state index < -0.39 is 0 Å². The number of carbonyl (C=O) groups excluding carboxylic acids is 2. The van der Waals surface area contributed by atoms with Crippen molar-refractivity contribution >= 4 is 11.8 Å². The van der Waals surface area contributed by atoms with Crippen molar-refractivity contribution in [3.05, 3.63) is 103 Å². The van der Waals surface area contributed by atoms with Crippen LogP contribution >= 0.6 is 0 Å². The standard InChI is InChI=1S/C34H41N3O8.ClH/c1-4-16-40-20-22-44-31-10-6-29(7-11-31)42-18-14-35-33(38)27-24-28(26-37(3)25-27)34(39)36-15-19-43-30-8-12-32(13-9-30)45-23-21-41-17-5-2;/h4-13,24-26H,1-2,14-23H2,3H3,(H-,35,36,38,39);1H. The quantitative estimate of drug-likeness (QED) is 0.0902. The van der Waals surface area contributed by atoms with E-state index in [4.69, 9.17) is 28.4 Å². The molecular weight excluding hydrogens is 614 g/mol. The Hall–Kier alpha value is -4.58. The minimum Gasteiger partial charge on any atom is -1.00 e. The summed E-state index contributed by atoms with van der Waals surface area (Å²) < 4.78 is 34.9. The number of aromatic nitrogens is 1. The van der Waals surface area contributed by atoms with E-state index in [-0.39, 0.29) is 50.5 Å². The number of nitrogens with zero attached hydrogens (tertiary/aromatic N) is 1. The highest BCUT2D eigenvalue weighted by molar-refractivity contribution is 5.98. The van der Waals surface area contributed by atoms with Gasteiger partial charge >= 0.3 is 0 Å². The Morgan fingerprint density at radius 2 is 0.978 bits per heavy atom. The van der Waals surface area contributed by atoms with Gasteiger partial charge < -0.3 is 51.5 Å². The molecule has 1 aromatic heterocycles. The average Bonchev–Trinajstić information content (AvgIpc) is 3.05. The van der Waals surface area contributed by atoms with Gasteiger partial charge in [-0.3, -0.25) is 9.59 Å². The number of pyridine rings is 1. The van der Waals surface area contributed by atoms with Crippen molar-refractivity contribution in [1.29, 1.82) is 0 Å². The highest BCUT2D eigenvalue weighted by Crippen LogP contribution is 2.18. The summed E-state index contributed by atoms with van der Waals surface area (Å²) in [4.78, 5) is 25.5. The topological polar surface area (TPSA) is 117 Å². The summed E-state index contributed by atoms with van der Waals surface area (Å²) in [5, 5.41) is 5.64. The Labute approximate surface area is 276 Å². The minimum atomic E-state index is -0.314. The van der Waals surface area contributed by atoms with Crippen LogP contribution < -0.4 is 46.6 Å². The molecule has 2 amide bonds. The molecule has 0 saturated carbocycles. The lowest BCUT2D eigenvalue weighted by Crippen LogP contribution is -3.00. The molecule has 3 rings (SSSR count). The van der Waals surface area contributed by atoms with Gasteiger partial charge in [0.2, 0.25) is 0 Å². The average molecular weight is 656 g/mol. The van der Waals surface area contributed by atoms with Crippen molar-refractivity contribution in [3.8, 4) is 23.0 Å². The molecule has 0 fully saturated rings. The fraction of sp³-hybridized carbons (Fsp3) is 0.324. The molecule has 3 aromatic rings. The first-order chi connectivity index (χ1) is 22.0. The molecule has 2 aromatic carbocycles.